The molecule has 1 N–H and O–H groups in total. The lowest BCUT2D eigenvalue weighted by molar-refractivity contribution is -0.116. The highest BCUT2D eigenvalue weighted by Gasteiger charge is 2.23. The van der Waals surface area contributed by atoms with Crippen LogP contribution in [0.5, 0.6) is 0 Å². The van der Waals surface area contributed by atoms with Crippen molar-refractivity contribution >= 4 is 49.1 Å². The summed E-state index contributed by atoms with van der Waals surface area (Å²) in [5.74, 6) is -0.409. The molecule has 0 saturated carbocycles. The van der Waals surface area contributed by atoms with Gasteiger partial charge in [-0.15, -0.1) is 0 Å². The normalized spacial score (nSPS) is 11.6. The van der Waals surface area contributed by atoms with Crippen molar-refractivity contribution in [2.45, 2.75) is 18.7 Å². The summed E-state index contributed by atoms with van der Waals surface area (Å²) in [6.07, 6.45) is 0. The van der Waals surface area contributed by atoms with Gasteiger partial charge in [-0.05, 0) is 61.4 Å². The second kappa shape index (κ2) is 7.86. The Balaban J connectivity index is 2.14. The van der Waals surface area contributed by atoms with Gasteiger partial charge in [0.25, 0.3) is 0 Å². The number of halogens is 2. The maximum Gasteiger partial charge on any atom is 0.243 e. The van der Waals surface area contributed by atoms with Crippen molar-refractivity contribution in [3.8, 4) is 0 Å². The highest BCUT2D eigenvalue weighted by Crippen LogP contribution is 2.25. The smallest absolute Gasteiger partial charge is 0.243 e. The van der Waals surface area contributed by atoms with Crippen molar-refractivity contribution in [2.24, 2.45) is 0 Å². The van der Waals surface area contributed by atoms with Crippen molar-refractivity contribution in [2.75, 3.05) is 18.9 Å². The number of nitrogens with zero attached hydrogens (tertiary/aromatic N) is 1. The zero-order valence-corrected chi connectivity index (χ0v) is 17.2. The van der Waals surface area contributed by atoms with E-state index < -0.39 is 15.9 Å². The van der Waals surface area contributed by atoms with Gasteiger partial charge in [0.2, 0.25) is 15.9 Å². The quantitative estimate of drug-likeness (QED) is 0.757. The van der Waals surface area contributed by atoms with Gasteiger partial charge in [-0.25, -0.2) is 8.42 Å². The van der Waals surface area contributed by atoms with E-state index >= 15 is 0 Å². The second-order valence-electron chi connectivity index (χ2n) is 5.68. The highest BCUT2D eigenvalue weighted by atomic mass is 79.9. The van der Waals surface area contributed by atoms with E-state index in [0.29, 0.717) is 10.7 Å². The molecule has 0 fully saturated rings. The van der Waals surface area contributed by atoms with Gasteiger partial charge in [-0.1, -0.05) is 27.5 Å². The molecule has 0 aliphatic carbocycles. The van der Waals surface area contributed by atoms with Crippen LogP contribution >= 0.6 is 27.5 Å². The standard InChI is InChI=1S/C17H18BrClN2O3S/c1-11-8-13(18)9-12(2)17(11)20-16(22)10-21(3)25(23,24)15-6-4-14(19)5-7-15/h4-9H,10H2,1-3H3,(H,20,22). The van der Waals surface area contributed by atoms with Crippen LogP contribution in [0.2, 0.25) is 5.02 Å². The van der Waals surface area contributed by atoms with Crippen molar-refractivity contribution in [1.82, 2.24) is 4.31 Å². The van der Waals surface area contributed by atoms with Gasteiger partial charge in [-0.3, -0.25) is 4.79 Å². The lowest BCUT2D eigenvalue weighted by atomic mass is 10.1. The van der Waals surface area contributed by atoms with E-state index in [4.69, 9.17) is 11.6 Å². The van der Waals surface area contributed by atoms with Crippen molar-refractivity contribution in [3.63, 3.8) is 0 Å². The minimum atomic E-state index is -3.76. The maximum atomic E-state index is 12.5. The molecule has 1 amide bonds. The molecular weight excluding hydrogens is 428 g/mol. The minimum Gasteiger partial charge on any atom is -0.324 e. The van der Waals surface area contributed by atoms with Gasteiger partial charge in [0.1, 0.15) is 0 Å². The first-order valence-electron chi connectivity index (χ1n) is 7.40. The molecule has 0 spiro atoms. The van der Waals surface area contributed by atoms with Gasteiger partial charge < -0.3 is 5.32 Å². The summed E-state index contributed by atoms with van der Waals surface area (Å²) in [6, 6.07) is 9.59. The molecule has 0 bridgehead atoms. The first kappa shape index (κ1) is 19.9. The van der Waals surface area contributed by atoms with Crippen LogP contribution in [0, 0.1) is 13.8 Å². The van der Waals surface area contributed by atoms with Crippen molar-refractivity contribution < 1.29 is 13.2 Å². The highest BCUT2D eigenvalue weighted by molar-refractivity contribution is 9.10. The fraction of sp³-hybridized carbons (Fsp3) is 0.235. The molecule has 2 rings (SSSR count). The Morgan fingerprint density at radius 3 is 2.20 bits per heavy atom. The average molecular weight is 446 g/mol. The molecular formula is C17H18BrClN2O3S. The number of likely N-dealkylation sites (N-methyl/N-ethyl adjacent to an activating group) is 1. The lowest BCUT2D eigenvalue weighted by Crippen LogP contribution is -2.35. The fourth-order valence-corrected chi connectivity index (χ4v) is 4.30. The molecule has 134 valence electrons. The summed E-state index contributed by atoms with van der Waals surface area (Å²) in [6.45, 7) is 3.46. The summed E-state index contributed by atoms with van der Waals surface area (Å²) >= 11 is 9.18. The predicted molar refractivity (Wildman–Crippen MR) is 104 cm³/mol. The van der Waals surface area contributed by atoms with Gasteiger partial charge in [-0.2, -0.15) is 4.31 Å². The number of aryl methyl sites for hydroxylation is 2. The first-order chi connectivity index (χ1) is 11.6. The summed E-state index contributed by atoms with van der Waals surface area (Å²) in [5.41, 5.74) is 2.47. The van der Waals surface area contributed by atoms with Crippen LogP contribution in [0.4, 0.5) is 5.69 Å². The zero-order chi connectivity index (χ0) is 18.8. The maximum absolute atomic E-state index is 12.5. The summed E-state index contributed by atoms with van der Waals surface area (Å²) < 4.78 is 26.9. The molecule has 5 nitrogen and oxygen atoms in total. The van der Waals surface area contributed by atoms with Gasteiger partial charge in [0.05, 0.1) is 11.4 Å². The summed E-state index contributed by atoms with van der Waals surface area (Å²) in [7, 11) is -2.40. The Hall–Kier alpha value is -1.41. The van der Waals surface area contributed by atoms with E-state index in [1.165, 1.54) is 31.3 Å². The van der Waals surface area contributed by atoms with Crippen LogP contribution in [0.1, 0.15) is 11.1 Å². The molecule has 8 heteroatoms. The third-order valence-corrected chi connectivity index (χ3v) is 6.18. The molecule has 0 aromatic heterocycles. The molecule has 0 aliphatic rings. The molecule has 0 radical (unpaired) electrons. The number of hydrogen-bond donors (Lipinski definition) is 1. The Morgan fingerprint density at radius 1 is 1.16 bits per heavy atom. The number of hydrogen-bond acceptors (Lipinski definition) is 3. The molecule has 0 unspecified atom stereocenters. The number of rotatable bonds is 5. The third kappa shape index (κ3) is 4.82. The summed E-state index contributed by atoms with van der Waals surface area (Å²) in [5, 5.41) is 3.23. The molecule has 2 aromatic rings. The fourth-order valence-electron chi connectivity index (χ4n) is 2.36. The first-order valence-corrected chi connectivity index (χ1v) is 10.0. The van der Waals surface area contributed by atoms with Crippen LogP contribution in [-0.2, 0) is 14.8 Å². The van der Waals surface area contributed by atoms with E-state index in [9.17, 15) is 13.2 Å². The number of anilines is 1. The Bertz CT molecular complexity index is 876. The predicted octanol–water partition coefficient (Wildman–Crippen LogP) is 3.98. The number of benzene rings is 2. The van der Waals surface area contributed by atoms with Gasteiger partial charge in [0.15, 0.2) is 0 Å². The number of carbonyl (C=O) groups is 1. The van der Waals surface area contributed by atoms with E-state index in [1.807, 2.05) is 26.0 Å². The molecule has 25 heavy (non-hydrogen) atoms. The van der Waals surface area contributed by atoms with Crippen LogP contribution in [0.15, 0.2) is 45.8 Å². The molecule has 0 aliphatic heterocycles. The molecule has 0 atom stereocenters. The van der Waals surface area contributed by atoms with Gasteiger partial charge >= 0.3 is 0 Å². The largest absolute Gasteiger partial charge is 0.324 e. The number of amides is 1. The van der Waals surface area contributed by atoms with E-state index in [1.54, 1.807) is 0 Å². The summed E-state index contributed by atoms with van der Waals surface area (Å²) in [4.78, 5) is 12.4. The van der Waals surface area contributed by atoms with E-state index in [-0.39, 0.29) is 11.4 Å². The monoisotopic (exact) mass is 444 g/mol. The van der Waals surface area contributed by atoms with Crippen LogP contribution in [0.3, 0.4) is 0 Å². The van der Waals surface area contributed by atoms with E-state index in [0.717, 1.165) is 19.9 Å². The number of sulfonamides is 1. The number of carbonyl (C=O) groups excluding carboxylic acids is 1. The average Bonchev–Trinajstić information content (AvgIpc) is 2.51. The van der Waals surface area contributed by atoms with Crippen LogP contribution in [-0.4, -0.2) is 32.2 Å². The SMILES string of the molecule is Cc1cc(Br)cc(C)c1NC(=O)CN(C)S(=O)(=O)c1ccc(Cl)cc1. The Kier molecular flexibility index (Phi) is 6.26. The molecule has 2 aromatic carbocycles. The topological polar surface area (TPSA) is 66.5 Å². The number of nitrogens with one attached hydrogen (secondary N) is 1. The van der Waals surface area contributed by atoms with Crippen LogP contribution < -0.4 is 5.32 Å². The third-order valence-electron chi connectivity index (χ3n) is 3.65. The molecule has 0 heterocycles. The Morgan fingerprint density at radius 2 is 1.68 bits per heavy atom. The second-order valence-corrected chi connectivity index (χ2v) is 9.07. The van der Waals surface area contributed by atoms with E-state index in [2.05, 4.69) is 21.2 Å². The minimum absolute atomic E-state index is 0.0863. The van der Waals surface area contributed by atoms with Gasteiger partial charge in [0, 0.05) is 22.2 Å². The van der Waals surface area contributed by atoms with Crippen molar-refractivity contribution in [1.29, 1.82) is 0 Å². The lowest BCUT2D eigenvalue weighted by Gasteiger charge is -2.18. The van der Waals surface area contributed by atoms with Crippen molar-refractivity contribution in [3.05, 3.63) is 57.0 Å². The van der Waals surface area contributed by atoms with Crippen LogP contribution in [0.25, 0.3) is 0 Å². The molecule has 0 saturated heterocycles. The Labute approximate surface area is 161 Å². The zero-order valence-electron chi connectivity index (χ0n) is 14.0.